The van der Waals surface area contributed by atoms with Gasteiger partial charge < -0.3 is 11.1 Å². The summed E-state index contributed by atoms with van der Waals surface area (Å²) in [5.74, 6) is 0.739. The van der Waals surface area contributed by atoms with E-state index in [0.717, 1.165) is 25.8 Å². The average molecular weight is 212 g/mol. The number of carbonyl (C=O) groups is 1. The molecule has 1 aliphatic carbocycles. The van der Waals surface area contributed by atoms with E-state index < -0.39 is 5.54 Å². The number of hydrogen-bond acceptors (Lipinski definition) is 2. The number of amides is 1. The van der Waals surface area contributed by atoms with Gasteiger partial charge in [-0.15, -0.1) is 0 Å². The van der Waals surface area contributed by atoms with Gasteiger partial charge in [0.2, 0.25) is 5.91 Å². The molecular weight excluding hydrogens is 188 g/mol. The van der Waals surface area contributed by atoms with E-state index in [1.807, 2.05) is 6.92 Å². The summed E-state index contributed by atoms with van der Waals surface area (Å²) in [5.41, 5.74) is 5.17. The van der Waals surface area contributed by atoms with Crippen LogP contribution in [0.2, 0.25) is 0 Å². The maximum atomic E-state index is 11.7. The van der Waals surface area contributed by atoms with Crippen molar-refractivity contribution in [1.29, 1.82) is 0 Å². The Balaban J connectivity index is 2.93. The third-order valence-electron chi connectivity index (χ3n) is 3.71. The van der Waals surface area contributed by atoms with E-state index in [1.54, 1.807) is 0 Å². The minimum absolute atomic E-state index is 0.164. The molecule has 1 saturated carbocycles. The molecule has 3 N–H and O–H groups in total. The van der Waals surface area contributed by atoms with E-state index in [0.29, 0.717) is 11.8 Å². The van der Waals surface area contributed by atoms with Crippen LogP contribution in [0.15, 0.2) is 0 Å². The highest BCUT2D eigenvalue weighted by Crippen LogP contribution is 2.38. The average Bonchev–Trinajstić information content (AvgIpc) is 2.18. The molecule has 1 fully saturated rings. The molecule has 88 valence electrons. The quantitative estimate of drug-likeness (QED) is 0.744. The van der Waals surface area contributed by atoms with Gasteiger partial charge in [-0.1, -0.05) is 33.6 Å². The summed E-state index contributed by atoms with van der Waals surface area (Å²) in [6.45, 7) is 7.22. The van der Waals surface area contributed by atoms with Crippen LogP contribution in [0.1, 0.15) is 46.5 Å². The third-order valence-corrected chi connectivity index (χ3v) is 3.71. The van der Waals surface area contributed by atoms with Crippen molar-refractivity contribution in [3.8, 4) is 0 Å². The van der Waals surface area contributed by atoms with Gasteiger partial charge in [0.05, 0.1) is 0 Å². The van der Waals surface area contributed by atoms with Crippen molar-refractivity contribution < 1.29 is 4.79 Å². The van der Waals surface area contributed by atoms with Crippen molar-refractivity contribution >= 4 is 5.91 Å². The molecule has 1 rings (SSSR count). The molecule has 0 aromatic heterocycles. The van der Waals surface area contributed by atoms with Crippen molar-refractivity contribution in [2.75, 3.05) is 6.54 Å². The standard InChI is InChI=1S/C12H24N2O/c1-4-14-12(11(13)15)8-6-5-7-10(12)9(2)3/h9-10,14H,4-8H2,1-3H3,(H2,13,15). The molecule has 0 saturated heterocycles. The molecule has 0 heterocycles. The Labute approximate surface area is 92.8 Å². The van der Waals surface area contributed by atoms with E-state index in [-0.39, 0.29) is 5.91 Å². The summed E-state index contributed by atoms with van der Waals surface area (Å²) in [4.78, 5) is 11.7. The first-order valence-corrected chi connectivity index (χ1v) is 6.09. The fourth-order valence-corrected chi connectivity index (χ4v) is 3.03. The maximum Gasteiger partial charge on any atom is 0.238 e. The summed E-state index contributed by atoms with van der Waals surface area (Å²) in [7, 11) is 0. The minimum Gasteiger partial charge on any atom is -0.368 e. The monoisotopic (exact) mass is 212 g/mol. The number of nitrogens with two attached hydrogens (primary N) is 1. The molecule has 2 unspecified atom stereocenters. The number of hydrogen-bond donors (Lipinski definition) is 2. The first-order chi connectivity index (χ1) is 7.04. The first-order valence-electron chi connectivity index (χ1n) is 6.09. The predicted octanol–water partition coefficient (Wildman–Crippen LogP) is 1.67. The van der Waals surface area contributed by atoms with Gasteiger partial charge in [-0.25, -0.2) is 0 Å². The molecule has 0 aliphatic heterocycles. The van der Waals surface area contributed by atoms with E-state index in [2.05, 4.69) is 19.2 Å². The smallest absolute Gasteiger partial charge is 0.238 e. The van der Waals surface area contributed by atoms with Crippen LogP contribution >= 0.6 is 0 Å². The molecule has 0 aromatic carbocycles. The molecule has 1 aliphatic rings. The minimum atomic E-state index is -0.443. The normalized spacial score (nSPS) is 31.9. The number of primary amides is 1. The molecule has 0 aromatic rings. The summed E-state index contributed by atoms with van der Waals surface area (Å²) < 4.78 is 0. The highest BCUT2D eigenvalue weighted by Gasteiger charge is 2.46. The van der Waals surface area contributed by atoms with Gasteiger partial charge in [0, 0.05) is 0 Å². The first kappa shape index (κ1) is 12.5. The molecule has 15 heavy (non-hydrogen) atoms. The Hall–Kier alpha value is -0.570. The predicted molar refractivity (Wildman–Crippen MR) is 62.4 cm³/mol. The van der Waals surface area contributed by atoms with E-state index in [9.17, 15) is 4.79 Å². The van der Waals surface area contributed by atoms with E-state index in [4.69, 9.17) is 5.73 Å². The van der Waals surface area contributed by atoms with Crippen molar-refractivity contribution in [2.24, 2.45) is 17.6 Å². The Morgan fingerprint density at radius 2 is 2.20 bits per heavy atom. The van der Waals surface area contributed by atoms with Gasteiger partial charge in [-0.2, -0.15) is 0 Å². The Bertz CT molecular complexity index is 224. The van der Waals surface area contributed by atoms with Crippen LogP contribution in [-0.4, -0.2) is 18.0 Å². The summed E-state index contributed by atoms with van der Waals surface area (Å²) in [6, 6.07) is 0. The molecule has 3 nitrogen and oxygen atoms in total. The molecule has 3 heteroatoms. The van der Waals surface area contributed by atoms with Crippen LogP contribution in [0.25, 0.3) is 0 Å². The van der Waals surface area contributed by atoms with E-state index >= 15 is 0 Å². The lowest BCUT2D eigenvalue weighted by molar-refractivity contribution is -0.129. The Morgan fingerprint density at radius 1 is 1.53 bits per heavy atom. The second kappa shape index (κ2) is 4.97. The van der Waals surface area contributed by atoms with Gasteiger partial charge in [0.25, 0.3) is 0 Å². The van der Waals surface area contributed by atoms with Crippen LogP contribution in [-0.2, 0) is 4.79 Å². The highest BCUT2D eigenvalue weighted by atomic mass is 16.1. The summed E-state index contributed by atoms with van der Waals surface area (Å²) in [6.07, 6.45) is 4.36. The largest absolute Gasteiger partial charge is 0.368 e. The van der Waals surface area contributed by atoms with Crippen molar-refractivity contribution in [3.63, 3.8) is 0 Å². The second-order valence-corrected chi connectivity index (χ2v) is 4.96. The molecule has 0 radical (unpaired) electrons. The van der Waals surface area contributed by atoms with Gasteiger partial charge in [0.1, 0.15) is 5.54 Å². The fourth-order valence-electron chi connectivity index (χ4n) is 3.03. The maximum absolute atomic E-state index is 11.7. The van der Waals surface area contributed by atoms with Crippen LogP contribution in [0, 0.1) is 11.8 Å². The highest BCUT2D eigenvalue weighted by molar-refractivity contribution is 5.85. The molecule has 1 amide bonds. The second-order valence-electron chi connectivity index (χ2n) is 4.96. The Kier molecular flexibility index (Phi) is 4.14. The summed E-state index contributed by atoms with van der Waals surface area (Å²) in [5, 5.41) is 3.35. The van der Waals surface area contributed by atoms with E-state index in [1.165, 1.54) is 6.42 Å². The topological polar surface area (TPSA) is 55.1 Å². The SMILES string of the molecule is CCNC1(C(N)=O)CCCCC1C(C)C. The zero-order valence-electron chi connectivity index (χ0n) is 10.2. The van der Waals surface area contributed by atoms with Crippen LogP contribution in [0.5, 0.6) is 0 Å². The van der Waals surface area contributed by atoms with Gasteiger partial charge in [-0.05, 0) is 31.2 Å². The fraction of sp³-hybridized carbons (Fsp3) is 0.917. The third kappa shape index (κ3) is 2.33. The molecule has 0 spiro atoms. The summed E-state index contributed by atoms with van der Waals surface area (Å²) >= 11 is 0. The lowest BCUT2D eigenvalue weighted by atomic mass is 9.67. The number of rotatable bonds is 4. The number of likely N-dealkylation sites (N-methyl/N-ethyl adjacent to an activating group) is 1. The Morgan fingerprint density at radius 3 is 2.67 bits per heavy atom. The lowest BCUT2D eigenvalue weighted by Crippen LogP contribution is -2.62. The van der Waals surface area contributed by atoms with Crippen molar-refractivity contribution in [3.05, 3.63) is 0 Å². The van der Waals surface area contributed by atoms with Crippen LogP contribution in [0.4, 0.5) is 0 Å². The zero-order valence-corrected chi connectivity index (χ0v) is 10.2. The van der Waals surface area contributed by atoms with Crippen molar-refractivity contribution in [2.45, 2.75) is 52.0 Å². The van der Waals surface area contributed by atoms with Crippen molar-refractivity contribution in [1.82, 2.24) is 5.32 Å². The molecule has 0 bridgehead atoms. The number of nitrogens with one attached hydrogen (secondary N) is 1. The van der Waals surface area contributed by atoms with Gasteiger partial charge in [0.15, 0.2) is 0 Å². The van der Waals surface area contributed by atoms with Crippen LogP contribution in [0.3, 0.4) is 0 Å². The van der Waals surface area contributed by atoms with Gasteiger partial charge in [-0.3, -0.25) is 4.79 Å². The zero-order chi connectivity index (χ0) is 11.5. The van der Waals surface area contributed by atoms with Crippen LogP contribution < -0.4 is 11.1 Å². The molecule has 2 atom stereocenters. The number of carbonyl (C=O) groups excluding carboxylic acids is 1. The lowest BCUT2D eigenvalue weighted by Gasteiger charge is -2.44. The van der Waals surface area contributed by atoms with Gasteiger partial charge >= 0.3 is 0 Å². The molecular formula is C12H24N2O.